The fourth-order valence-electron chi connectivity index (χ4n) is 4.34. The molecule has 1 aliphatic rings. The molecule has 2 heterocycles. The van der Waals surface area contributed by atoms with Gasteiger partial charge in [0, 0.05) is 24.1 Å². The monoisotopic (exact) mass is 468 g/mol. The predicted octanol–water partition coefficient (Wildman–Crippen LogP) is 3.59. The first-order valence-corrected chi connectivity index (χ1v) is 10.8. The number of benzene rings is 2. The molecule has 1 aromatic heterocycles. The maximum Gasteiger partial charge on any atom is 0.251 e. The van der Waals surface area contributed by atoms with Crippen LogP contribution in [0.2, 0.25) is 5.02 Å². The number of anilines is 1. The fraction of sp³-hybridized carbons (Fsp3) is 0.292. The molecule has 3 aromatic rings. The quantitative estimate of drug-likeness (QED) is 0.596. The zero-order valence-corrected chi connectivity index (χ0v) is 19.8. The number of fused-ring (bicyclic) bond motifs is 1. The van der Waals surface area contributed by atoms with Gasteiger partial charge in [-0.25, -0.2) is 0 Å². The van der Waals surface area contributed by atoms with Crippen molar-refractivity contribution in [3.8, 4) is 11.5 Å². The van der Waals surface area contributed by atoms with Crippen molar-refractivity contribution in [1.82, 2.24) is 15.1 Å². The Morgan fingerprint density at radius 1 is 1.18 bits per heavy atom. The number of hydrogen-bond acceptors (Lipinski definition) is 5. The lowest BCUT2D eigenvalue weighted by atomic mass is 9.81. The van der Waals surface area contributed by atoms with Gasteiger partial charge in [-0.2, -0.15) is 5.10 Å². The van der Waals surface area contributed by atoms with Gasteiger partial charge in [-0.15, -0.1) is 0 Å². The molecule has 0 bridgehead atoms. The Morgan fingerprint density at radius 2 is 1.94 bits per heavy atom. The second-order valence-electron chi connectivity index (χ2n) is 8.00. The molecule has 2 N–H and O–H groups in total. The van der Waals surface area contributed by atoms with E-state index in [4.69, 9.17) is 21.1 Å². The van der Waals surface area contributed by atoms with E-state index in [0.717, 1.165) is 16.8 Å². The molecule has 1 aliphatic heterocycles. The highest BCUT2D eigenvalue weighted by molar-refractivity contribution is 6.32. The van der Waals surface area contributed by atoms with E-state index in [1.54, 1.807) is 42.1 Å². The molecule has 2 amide bonds. The van der Waals surface area contributed by atoms with E-state index in [0.29, 0.717) is 33.5 Å². The summed E-state index contributed by atoms with van der Waals surface area (Å²) in [4.78, 5) is 26.3. The number of hydrogen-bond donors (Lipinski definition) is 2. The summed E-state index contributed by atoms with van der Waals surface area (Å²) in [5.74, 6) is 0.162. The number of halogens is 1. The van der Waals surface area contributed by atoms with Crippen LogP contribution in [0, 0.1) is 13.8 Å². The van der Waals surface area contributed by atoms with Crippen molar-refractivity contribution in [2.45, 2.75) is 25.8 Å². The molecule has 0 saturated carbocycles. The molecular weight excluding hydrogens is 444 g/mol. The molecule has 2 atom stereocenters. The minimum atomic E-state index is -0.900. The Kier molecular flexibility index (Phi) is 6.03. The Bertz CT molecular complexity index is 1250. The lowest BCUT2D eigenvalue weighted by molar-refractivity contribution is -0.118. The Morgan fingerprint density at radius 3 is 2.61 bits per heavy atom. The predicted molar refractivity (Wildman–Crippen MR) is 125 cm³/mol. The molecule has 172 valence electrons. The average Bonchev–Trinajstić information content (AvgIpc) is 3.06. The average molecular weight is 469 g/mol. The van der Waals surface area contributed by atoms with Crippen molar-refractivity contribution < 1.29 is 19.1 Å². The number of ether oxygens (including phenoxy) is 2. The van der Waals surface area contributed by atoms with Gasteiger partial charge in [-0.05, 0) is 43.7 Å². The molecule has 8 nitrogen and oxygen atoms in total. The smallest absolute Gasteiger partial charge is 0.251 e. The Hall–Kier alpha value is -3.52. The van der Waals surface area contributed by atoms with Crippen molar-refractivity contribution in [3.05, 3.63) is 69.4 Å². The normalized spacial score (nSPS) is 17.2. The van der Waals surface area contributed by atoms with E-state index >= 15 is 0 Å². The lowest BCUT2D eigenvalue weighted by Gasteiger charge is -2.33. The summed E-state index contributed by atoms with van der Waals surface area (Å²) in [6, 6.07) is 9.81. The number of carbonyl (C=O) groups excluding carboxylic acids is 2. The SMILES string of the molecule is COc1cc([C@@H]2c3c(C)nn(C)c3NC(=O)[C@H]2NC(=O)c2cccc(C)c2)cc(Cl)c1OC. The minimum Gasteiger partial charge on any atom is -0.493 e. The molecule has 2 aromatic carbocycles. The van der Waals surface area contributed by atoms with Crippen LogP contribution in [0.5, 0.6) is 11.5 Å². The summed E-state index contributed by atoms with van der Waals surface area (Å²) in [5.41, 5.74) is 3.65. The van der Waals surface area contributed by atoms with E-state index < -0.39 is 12.0 Å². The zero-order chi connectivity index (χ0) is 23.9. The second kappa shape index (κ2) is 8.78. The maximum atomic E-state index is 13.2. The topological polar surface area (TPSA) is 94.5 Å². The van der Waals surface area contributed by atoms with Gasteiger partial charge < -0.3 is 20.1 Å². The van der Waals surface area contributed by atoms with E-state index in [1.807, 2.05) is 19.9 Å². The summed E-state index contributed by atoms with van der Waals surface area (Å²) in [6.07, 6.45) is 0. The van der Waals surface area contributed by atoms with Crippen molar-refractivity contribution in [1.29, 1.82) is 0 Å². The van der Waals surface area contributed by atoms with Crippen LogP contribution < -0.4 is 20.1 Å². The maximum absolute atomic E-state index is 13.2. The Balaban J connectivity index is 1.85. The highest BCUT2D eigenvalue weighted by Crippen LogP contribution is 2.44. The number of nitrogens with one attached hydrogen (secondary N) is 2. The van der Waals surface area contributed by atoms with Crippen LogP contribution >= 0.6 is 11.6 Å². The third-order valence-corrected chi connectivity index (χ3v) is 6.10. The van der Waals surface area contributed by atoms with Crippen molar-refractivity contribution in [3.63, 3.8) is 0 Å². The van der Waals surface area contributed by atoms with Gasteiger partial charge in [-0.1, -0.05) is 29.3 Å². The van der Waals surface area contributed by atoms with E-state index in [2.05, 4.69) is 15.7 Å². The van der Waals surface area contributed by atoms with Crippen LogP contribution in [0.1, 0.15) is 38.7 Å². The third-order valence-electron chi connectivity index (χ3n) is 5.82. The molecule has 0 radical (unpaired) electrons. The van der Waals surface area contributed by atoms with E-state index in [-0.39, 0.29) is 11.8 Å². The molecule has 9 heteroatoms. The molecule has 0 spiro atoms. The van der Waals surface area contributed by atoms with Crippen LogP contribution in [0.3, 0.4) is 0 Å². The van der Waals surface area contributed by atoms with E-state index in [1.165, 1.54) is 14.2 Å². The molecule has 33 heavy (non-hydrogen) atoms. The summed E-state index contributed by atoms with van der Waals surface area (Å²) in [7, 11) is 4.78. The first-order chi connectivity index (χ1) is 15.7. The fourth-order valence-corrected chi connectivity index (χ4v) is 4.64. The van der Waals surface area contributed by atoms with Crippen LogP contribution in [0.4, 0.5) is 5.82 Å². The van der Waals surface area contributed by atoms with Crippen LogP contribution in [0.15, 0.2) is 36.4 Å². The van der Waals surface area contributed by atoms with Gasteiger partial charge in [-0.3, -0.25) is 14.3 Å². The van der Waals surface area contributed by atoms with Crippen LogP contribution in [0.25, 0.3) is 0 Å². The highest BCUT2D eigenvalue weighted by Gasteiger charge is 2.41. The Labute approximate surface area is 196 Å². The van der Waals surface area contributed by atoms with Gasteiger partial charge in [0.15, 0.2) is 11.5 Å². The number of nitrogens with zero attached hydrogens (tertiary/aromatic N) is 2. The molecule has 0 fully saturated rings. The van der Waals surface area contributed by atoms with Crippen molar-refractivity contribution >= 4 is 29.2 Å². The first kappa shape index (κ1) is 22.7. The molecule has 0 saturated heterocycles. The van der Waals surface area contributed by atoms with Crippen LogP contribution in [-0.4, -0.2) is 41.9 Å². The van der Waals surface area contributed by atoms with Gasteiger partial charge in [0.2, 0.25) is 5.91 Å². The number of amides is 2. The van der Waals surface area contributed by atoms with Gasteiger partial charge in [0.25, 0.3) is 5.91 Å². The highest BCUT2D eigenvalue weighted by atomic mass is 35.5. The molecule has 0 aliphatic carbocycles. The number of carbonyl (C=O) groups is 2. The summed E-state index contributed by atoms with van der Waals surface area (Å²) in [5, 5.41) is 10.6. The molecule has 4 rings (SSSR count). The van der Waals surface area contributed by atoms with E-state index in [9.17, 15) is 9.59 Å². The number of methoxy groups -OCH3 is 2. The lowest BCUT2D eigenvalue weighted by Crippen LogP contribution is -2.50. The summed E-state index contributed by atoms with van der Waals surface area (Å²) in [6.45, 7) is 3.77. The second-order valence-corrected chi connectivity index (χ2v) is 8.40. The standard InChI is InChI=1S/C24H25ClN4O4/c1-12-7-6-8-14(9-12)23(30)26-20-19(15-10-16(25)21(33-5)17(11-15)32-4)18-13(2)28-29(3)22(18)27-24(20)31/h6-11,19-20H,1-5H3,(H,26,30)(H,27,31)/t19-,20+/m1/s1. The summed E-state index contributed by atoms with van der Waals surface area (Å²) < 4.78 is 12.5. The summed E-state index contributed by atoms with van der Waals surface area (Å²) >= 11 is 6.49. The van der Waals surface area contributed by atoms with Gasteiger partial charge >= 0.3 is 0 Å². The van der Waals surface area contributed by atoms with Gasteiger partial charge in [0.05, 0.1) is 24.9 Å². The molecule has 0 unspecified atom stereocenters. The number of rotatable bonds is 5. The van der Waals surface area contributed by atoms with Crippen molar-refractivity contribution in [2.75, 3.05) is 19.5 Å². The number of aromatic nitrogens is 2. The number of aryl methyl sites for hydroxylation is 3. The molecular formula is C24H25ClN4O4. The largest absolute Gasteiger partial charge is 0.493 e. The zero-order valence-electron chi connectivity index (χ0n) is 19.0. The van der Waals surface area contributed by atoms with Crippen LogP contribution in [-0.2, 0) is 11.8 Å². The van der Waals surface area contributed by atoms with Gasteiger partial charge in [0.1, 0.15) is 11.9 Å². The third kappa shape index (κ3) is 4.02. The van der Waals surface area contributed by atoms with Crippen molar-refractivity contribution in [2.24, 2.45) is 7.05 Å². The first-order valence-electron chi connectivity index (χ1n) is 10.4. The minimum absolute atomic E-state index is 0.338.